The Balaban J connectivity index is 2.72. The summed E-state index contributed by atoms with van der Waals surface area (Å²) in [7, 11) is 0. The van der Waals surface area contributed by atoms with Crippen LogP contribution in [0.15, 0.2) is 4.52 Å². The molecular weight excluding hydrogens is 276 g/mol. The second-order valence-corrected chi connectivity index (χ2v) is 7.13. The van der Waals surface area contributed by atoms with Gasteiger partial charge in [-0.15, -0.1) is 0 Å². The van der Waals surface area contributed by atoms with Gasteiger partial charge in [0.05, 0.1) is 0 Å². The molecule has 0 radical (unpaired) electrons. The lowest BCUT2D eigenvalue weighted by molar-refractivity contribution is -0.118. The largest absolute Gasteiger partial charge is 0.358 e. The fourth-order valence-electron chi connectivity index (χ4n) is 1.71. The topological polar surface area (TPSA) is 72.2 Å². The van der Waals surface area contributed by atoms with Crippen molar-refractivity contribution < 1.29 is 14.1 Å². The number of hydrogen-bond donors (Lipinski definition) is 1. The maximum absolute atomic E-state index is 12.0. The smallest absolute Gasteiger partial charge is 0.229 e. The van der Waals surface area contributed by atoms with E-state index in [0.717, 1.165) is 23.1 Å². The van der Waals surface area contributed by atoms with Crippen molar-refractivity contribution in [2.24, 2.45) is 5.92 Å². The number of amides is 1. The van der Waals surface area contributed by atoms with E-state index in [-0.39, 0.29) is 22.4 Å². The van der Waals surface area contributed by atoms with Gasteiger partial charge >= 0.3 is 0 Å². The minimum absolute atomic E-state index is 0.0114. The molecule has 6 heteroatoms. The summed E-state index contributed by atoms with van der Waals surface area (Å²) in [5.74, 6) is 1.26. The summed E-state index contributed by atoms with van der Waals surface area (Å²) in [6.07, 6.45) is 0. The third-order valence-corrected chi connectivity index (χ3v) is 3.90. The molecule has 1 N–H and O–H groups in total. The third-order valence-electron chi connectivity index (χ3n) is 2.83. The molecule has 1 rings (SSSR count). The van der Waals surface area contributed by atoms with Crippen LogP contribution in [0.3, 0.4) is 0 Å². The number of nitrogens with zero attached hydrogens (tertiary/aromatic N) is 1. The van der Waals surface area contributed by atoms with E-state index < -0.39 is 0 Å². The van der Waals surface area contributed by atoms with Gasteiger partial charge in [0.2, 0.25) is 5.91 Å². The van der Waals surface area contributed by atoms with Crippen LogP contribution in [-0.4, -0.2) is 21.9 Å². The Labute approximate surface area is 123 Å². The van der Waals surface area contributed by atoms with Crippen LogP contribution in [0.25, 0.3) is 0 Å². The quantitative estimate of drug-likeness (QED) is 0.924. The van der Waals surface area contributed by atoms with Gasteiger partial charge in [0, 0.05) is 29.6 Å². The summed E-state index contributed by atoms with van der Waals surface area (Å²) in [5, 5.41) is 6.69. The van der Waals surface area contributed by atoms with Crippen molar-refractivity contribution in [1.29, 1.82) is 0 Å². The number of thioether (sulfide) groups is 1. The van der Waals surface area contributed by atoms with Gasteiger partial charge in [0.15, 0.2) is 10.9 Å². The minimum Gasteiger partial charge on any atom is -0.358 e. The number of carbonyl (C=O) groups excluding carboxylic acids is 2. The Bertz CT molecular complexity index is 503. The molecule has 1 aromatic heterocycles. The normalized spacial score (nSPS) is 13.1. The number of nitrogens with one attached hydrogen (secondary N) is 1. The molecule has 0 bridgehead atoms. The van der Waals surface area contributed by atoms with Crippen molar-refractivity contribution in [3.63, 3.8) is 0 Å². The van der Waals surface area contributed by atoms with Gasteiger partial charge in [0.1, 0.15) is 5.76 Å². The third kappa shape index (κ3) is 4.37. The monoisotopic (exact) mass is 298 g/mol. The fraction of sp³-hybridized carbons (Fsp3) is 0.643. The minimum atomic E-state index is -0.266. The Kier molecular flexibility index (Phi) is 5.39. The van der Waals surface area contributed by atoms with Crippen LogP contribution >= 0.6 is 11.8 Å². The van der Waals surface area contributed by atoms with Crippen molar-refractivity contribution in [2.45, 2.75) is 47.0 Å². The average molecular weight is 298 g/mol. The Hall–Kier alpha value is -1.30. The molecule has 0 aliphatic rings. The van der Waals surface area contributed by atoms with Gasteiger partial charge in [-0.25, -0.2) is 0 Å². The maximum Gasteiger partial charge on any atom is 0.229 e. The SMILES string of the molecule is CC(=O)SCC(C)C(=O)Nc1noc(C(C)(C)C)c1C. The zero-order chi connectivity index (χ0) is 15.5. The van der Waals surface area contributed by atoms with Crippen LogP contribution in [0.4, 0.5) is 5.82 Å². The molecule has 0 saturated heterocycles. The molecule has 0 spiro atoms. The summed E-state index contributed by atoms with van der Waals surface area (Å²) in [6.45, 7) is 11.2. The van der Waals surface area contributed by atoms with Gasteiger partial charge < -0.3 is 9.84 Å². The first kappa shape index (κ1) is 16.8. The lowest BCUT2D eigenvalue weighted by Crippen LogP contribution is -2.23. The van der Waals surface area contributed by atoms with Gasteiger partial charge in [-0.1, -0.05) is 44.6 Å². The van der Waals surface area contributed by atoms with Gasteiger partial charge in [-0.3, -0.25) is 9.59 Å². The molecule has 1 atom stereocenters. The maximum atomic E-state index is 12.0. The van der Waals surface area contributed by atoms with Crippen molar-refractivity contribution in [3.8, 4) is 0 Å². The van der Waals surface area contributed by atoms with E-state index in [0.29, 0.717) is 11.6 Å². The van der Waals surface area contributed by atoms with Crippen LogP contribution in [0.2, 0.25) is 0 Å². The second-order valence-electron chi connectivity index (χ2n) is 5.93. The summed E-state index contributed by atoms with van der Waals surface area (Å²) in [6, 6.07) is 0. The standard InChI is InChI=1S/C14H22N2O3S/c1-8(7-20-10(3)17)13(18)15-12-9(2)11(19-16-12)14(4,5)6/h8H,7H2,1-6H3,(H,15,16,18). The first-order valence-electron chi connectivity index (χ1n) is 6.54. The highest BCUT2D eigenvalue weighted by Gasteiger charge is 2.25. The van der Waals surface area contributed by atoms with Crippen LogP contribution in [-0.2, 0) is 15.0 Å². The van der Waals surface area contributed by atoms with Crippen LogP contribution < -0.4 is 5.32 Å². The number of hydrogen-bond acceptors (Lipinski definition) is 5. The van der Waals surface area contributed by atoms with Gasteiger partial charge in [-0.05, 0) is 6.92 Å². The molecule has 112 valence electrons. The summed E-state index contributed by atoms with van der Waals surface area (Å²) in [5.41, 5.74) is 0.688. The van der Waals surface area contributed by atoms with E-state index >= 15 is 0 Å². The fourth-order valence-corrected chi connectivity index (χ4v) is 2.35. The predicted molar refractivity (Wildman–Crippen MR) is 80.9 cm³/mol. The summed E-state index contributed by atoms with van der Waals surface area (Å²) >= 11 is 1.15. The first-order valence-corrected chi connectivity index (χ1v) is 7.52. The molecule has 0 fully saturated rings. The molecule has 0 aliphatic carbocycles. The zero-order valence-electron chi connectivity index (χ0n) is 12.9. The molecular formula is C14H22N2O3S. The van der Waals surface area contributed by atoms with Crippen LogP contribution in [0, 0.1) is 12.8 Å². The Morgan fingerprint density at radius 1 is 1.40 bits per heavy atom. The Morgan fingerprint density at radius 3 is 2.45 bits per heavy atom. The molecule has 0 saturated carbocycles. The zero-order valence-corrected chi connectivity index (χ0v) is 13.7. The molecule has 0 aliphatic heterocycles. The molecule has 1 heterocycles. The highest BCUT2D eigenvalue weighted by molar-refractivity contribution is 8.13. The molecule has 5 nitrogen and oxygen atoms in total. The molecule has 1 unspecified atom stereocenters. The lowest BCUT2D eigenvalue weighted by Gasteiger charge is -2.14. The molecule has 0 aromatic carbocycles. The number of aromatic nitrogens is 1. The summed E-state index contributed by atoms with van der Waals surface area (Å²) in [4.78, 5) is 22.9. The van der Waals surface area contributed by atoms with E-state index in [2.05, 4.69) is 10.5 Å². The van der Waals surface area contributed by atoms with Crippen molar-refractivity contribution >= 4 is 28.6 Å². The highest BCUT2D eigenvalue weighted by atomic mass is 32.2. The predicted octanol–water partition coefficient (Wildman–Crippen LogP) is 3.13. The summed E-state index contributed by atoms with van der Waals surface area (Å²) < 4.78 is 5.31. The van der Waals surface area contributed by atoms with E-state index in [1.807, 2.05) is 27.7 Å². The van der Waals surface area contributed by atoms with Gasteiger partial charge in [-0.2, -0.15) is 0 Å². The van der Waals surface area contributed by atoms with E-state index in [1.54, 1.807) is 6.92 Å². The number of carbonyl (C=O) groups is 2. The van der Waals surface area contributed by atoms with E-state index in [4.69, 9.17) is 4.52 Å². The van der Waals surface area contributed by atoms with Crippen molar-refractivity contribution in [3.05, 3.63) is 11.3 Å². The molecule has 20 heavy (non-hydrogen) atoms. The van der Waals surface area contributed by atoms with Crippen molar-refractivity contribution in [2.75, 3.05) is 11.1 Å². The highest BCUT2D eigenvalue weighted by Crippen LogP contribution is 2.29. The number of rotatable bonds is 4. The van der Waals surface area contributed by atoms with Gasteiger partial charge in [0.25, 0.3) is 0 Å². The average Bonchev–Trinajstić information content (AvgIpc) is 2.67. The first-order chi connectivity index (χ1) is 9.12. The van der Waals surface area contributed by atoms with E-state index in [1.165, 1.54) is 6.92 Å². The van der Waals surface area contributed by atoms with Crippen LogP contribution in [0.1, 0.15) is 45.9 Å². The molecule has 1 aromatic rings. The molecule has 1 amide bonds. The lowest BCUT2D eigenvalue weighted by atomic mass is 9.91. The Morgan fingerprint density at radius 2 is 2.00 bits per heavy atom. The second kappa shape index (κ2) is 6.43. The van der Waals surface area contributed by atoms with E-state index in [9.17, 15) is 9.59 Å². The van der Waals surface area contributed by atoms with Crippen LogP contribution in [0.5, 0.6) is 0 Å². The van der Waals surface area contributed by atoms with Crippen molar-refractivity contribution in [1.82, 2.24) is 5.16 Å². The number of anilines is 1.